The molecule has 4 heteroatoms. The van der Waals surface area contributed by atoms with Crippen LogP contribution in [0.1, 0.15) is 45.1 Å². The molecule has 3 nitrogen and oxygen atoms in total. The average molecular weight is 281 g/mol. The van der Waals surface area contributed by atoms with E-state index < -0.39 is 0 Å². The lowest BCUT2D eigenvalue weighted by Crippen LogP contribution is -2.18. The molecule has 0 aliphatic rings. The van der Waals surface area contributed by atoms with Crippen LogP contribution < -0.4 is 5.69 Å². The van der Waals surface area contributed by atoms with Gasteiger partial charge in [0, 0.05) is 0 Å². The lowest BCUT2D eigenvalue weighted by Gasteiger charge is -2.29. The van der Waals surface area contributed by atoms with E-state index in [2.05, 4.69) is 37.7 Å². The number of hydrogen-bond donors (Lipinski definition) is 2. The molecule has 1 aromatic heterocycles. The number of benzene rings is 1. The Labute approximate surface area is 118 Å². The standard InChI is InChI=1S/C15H21ClN2O/c1-9(15(2,3)4)7-11(16)10-5-6-12-13(8-10)18-14(19)17-12/h5-6,8-9,11H,7H2,1-4H3,(H2,17,18,19). The van der Waals surface area contributed by atoms with Gasteiger partial charge in [-0.25, -0.2) is 4.79 Å². The maximum absolute atomic E-state index is 11.2. The lowest BCUT2D eigenvalue weighted by atomic mass is 9.79. The topological polar surface area (TPSA) is 48.6 Å². The summed E-state index contributed by atoms with van der Waals surface area (Å²) >= 11 is 6.51. The summed E-state index contributed by atoms with van der Waals surface area (Å²) in [7, 11) is 0. The monoisotopic (exact) mass is 280 g/mol. The third-order valence-corrected chi connectivity index (χ3v) is 4.37. The molecular weight excluding hydrogens is 260 g/mol. The third kappa shape index (κ3) is 3.21. The average Bonchev–Trinajstić information content (AvgIpc) is 2.66. The van der Waals surface area contributed by atoms with Gasteiger partial charge in [0.1, 0.15) is 0 Å². The van der Waals surface area contributed by atoms with Crippen LogP contribution in [0, 0.1) is 11.3 Å². The van der Waals surface area contributed by atoms with E-state index in [9.17, 15) is 4.79 Å². The Hall–Kier alpha value is -1.22. The first-order chi connectivity index (χ1) is 8.77. The summed E-state index contributed by atoms with van der Waals surface area (Å²) in [5.41, 5.74) is 2.76. The van der Waals surface area contributed by atoms with E-state index in [0.29, 0.717) is 5.92 Å². The molecule has 1 aromatic carbocycles. The van der Waals surface area contributed by atoms with E-state index in [1.165, 1.54) is 0 Å². The molecule has 0 fully saturated rings. The highest BCUT2D eigenvalue weighted by atomic mass is 35.5. The largest absolute Gasteiger partial charge is 0.323 e. The Kier molecular flexibility index (Phi) is 3.77. The molecule has 0 aliphatic carbocycles. The normalized spacial score (nSPS) is 15.6. The zero-order chi connectivity index (χ0) is 14.2. The van der Waals surface area contributed by atoms with Crippen LogP contribution in [0.25, 0.3) is 11.0 Å². The Balaban J connectivity index is 2.21. The van der Waals surface area contributed by atoms with Crippen molar-refractivity contribution in [1.29, 1.82) is 0 Å². The molecule has 0 saturated carbocycles. The second kappa shape index (κ2) is 5.04. The second-order valence-electron chi connectivity index (χ2n) is 6.35. The Morgan fingerprint density at radius 1 is 1.21 bits per heavy atom. The van der Waals surface area contributed by atoms with E-state index >= 15 is 0 Å². The fourth-order valence-electron chi connectivity index (χ4n) is 2.05. The molecule has 0 saturated heterocycles. The van der Waals surface area contributed by atoms with Crippen molar-refractivity contribution in [3.05, 3.63) is 34.2 Å². The third-order valence-electron chi connectivity index (χ3n) is 3.94. The Bertz CT molecular complexity index is 621. The Morgan fingerprint density at radius 3 is 2.47 bits per heavy atom. The molecule has 0 spiro atoms. The van der Waals surface area contributed by atoms with Crippen LogP contribution in [0.2, 0.25) is 0 Å². The highest BCUT2D eigenvalue weighted by Gasteiger charge is 2.23. The van der Waals surface area contributed by atoms with Crippen molar-refractivity contribution >= 4 is 22.6 Å². The predicted octanol–water partition coefficient (Wildman–Crippen LogP) is 4.21. The minimum Gasteiger partial charge on any atom is -0.306 e. The summed E-state index contributed by atoms with van der Waals surface area (Å²) in [5, 5.41) is -0.0305. The first-order valence-corrected chi connectivity index (χ1v) is 7.07. The van der Waals surface area contributed by atoms with Gasteiger partial charge in [-0.05, 0) is 35.4 Å². The van der Waals surface area contributed by atoms with Crippen LogP contribution >= 0.6 is 11.6 Å². The first kappa shape index (κ1) is 14.2. The van der Waals surface area contributed by atoms with E-state index in [0.717, 1.165) is 23.0 Å². The molecule has 2 atom stereocenters. The molecule has 19 heavy (non-hydrogen) atoms. The van der Waals surface area contributed by atoms with Gasteiger partial charge in [0.25, 0.3) is 0 Å². The quantitative estimate of drug-likeness (QED) is 0.813. The smallest absolute Gasteiger partial charge is 0.306 e. The SMILES string of the molecule is CC(CC(Cl)c1ccc2[nH]c(=O)[nH]c2c1)C(C)(C)C. The van der Waals surface area contributed by atoms with Crippen LogP contribution in [-0.4, -0.2) is 9.97 Å². The molecule has 0 radical (unpaired) electrons. The summed E-state index contributed by atoms with van der Waals surface area (Å²) in [6.45, 7) is 8.92. The number of imidazole rings is 1. The van der Waals surface area contributed by atoms with Crippen molar-refractivity contribution in [2.45, 2.75) is 39.5 Å². The summed E-state index contributed by atoms with van der Waals surface area (Å²) in [6.07, 6.45) is 0.922. The van der Waals surface area contributed by atoms with Crippen molar-refractivity contribution < 1.29 is 0 Å². The van der Waals surface area contributed by atoms with Crippen molar-refractivity contribution in [2.24, 2.45) is 11.3 Å². The number of aromatic amines is 2. The van der Waals surface area contributed by atoms with E-state index in [4.69, 9.17) is 11.6 Å². The second-order valence-corrected chi connectivity index (χ2v) is 6.88. The number of rotatable bonds is 3. The van der Waals surface area contributed by atoms with Crippen molar-refractivity contribution in [3.8, 4) is 0 Å². The maximum atomic E-state index is 11.2. The number of hydrogen-bond acceptors (Lipinski definition) is 1. The number of aromatic nitrogens is 2. The lowest BCUT2D eigenvalue weighted by molar-refractivity contribution is 0.245. The van der Waals surface area contributed by atoms with Gasteiger partial charge < -0.3 is 9.97 Å². The zero-order valence-corrected chi connectivity index (χ0v) is 12.6. The highest BCUT2D eigenvalue weighted by Crippen LogP contribution is 2.36. The number of halogens is 1. The number of alkyl halides is 1. The van der Waals surface area contributed by atoms with E-state index in [1.54, 1.807) is 0 Å². The van der Waals surface area contributed by atoms with E-state index in [1.807, 2.05) is 18.2 Å². The maximum Gasteiger partial charge on any atom is 0.323 e. The molecule has 0 aliphatic heterocycles. The highest BCUT2D eigenvalue weighted by molar-refractivity contribution is 6.20. The van der Waals surface area contributed by atoms with E-state index in [-0.39, 0.29) is 16.5 Å². The number of fused-ring (bicyclic) bond motifs is 1. The summed E-state index contributed by atoms with van der Waals surface area (Å²) < 4.78 is 0. The Morgan fingerprint density at radius 2 is 1.84 bits per heavy atom. The van der Waals surface area contributed by atoms with Crippen LogP contribution in [0.5, 0.6) is 0 Å². The molecule has 0 bridgehead atoms. The zero-order valence-electron chi connectivity index (χ0n) is 11.9. The fraction of sp³-hybridized carbons (Fsp3) is 0.533. The number of H-pyrrole nitrogens is 2. The predicted molar refractivity (Wildman–Crippen MR) is 80.7 cm³/mol. The van der Waals surface area contributed by atoms with Gasteiger partial charge in [0.2, 0.25) is 0 Å². The van der Waals surface area contributed by atoms with Crippen molar-refractivity contribution in [1.82, 2.24) is 9.97 Å². The minimum absolute atomic E-state index is 0.0305. The van der Waals surface area contributed by atoms with Crippen molar-refractivity contribution in [3.63, 3.8) is 0 Å². The molecule has 2 aromatic rings. The van der Waals surface area contributed by atoms with Gasteiger partial charge in [-0.1, -0.05) is 33.8 Å². The first-order valence-electron chi connectivity index (χ1n) is 6.63. The molecule has 2 rings (SSSR count). The molecule has 0 amide bonds. The van der Waals surface area contributed by atoms with Crippen LogP contribution in [0.15, 0.2) is 23.0 Å². The van der Waals surface area contributed by atoms with Gasteiger partial charge in [-0.15, -0.1) is 11.6 Å². The summed E-state index contributed by atoms with van der Waals surface area (Å²) in [5.74, 6) is 0.524. The molecule has 104 valence electrons. The van der Waals surface area contributed by atoms with Gasteiger partial charge >= 0.3 is 5.69 Å². The molecule has 2 unspecified atom stereocenters. The van der Waals surface area contributed by atoms with Gasteiger partial charge in [0.15, 0.2) is 0 Å². The summed E-state index contributed by atoms with van der Waals surface area (Å²) in [6, 6.07) is 5.85. The minimum atomic E-state index is -0.179. The molecule has 1 heterocycles. The molecule has 2 N–H and O–H groups in total. The van der Waals surface area contributed by atoms with Crippen LogP contribution in [0.3, 0.4) is 0 Å². The van der Waals surface area contributed by atoms with Gasteiger partial charge in [0.05, 0.1) is 16.4 Å². The van der Waals surface area contributed by atoms with Gasteiger partial charge in [-0.2, -0.15) is 0 Å². The van der Waals surface area contributed by atoms with Crippen molar-refractivity contribution in [2.75, 3.05) is 0 Å². The fourth-order valence-corrected chi connectivity index (χ4v) is 2.45. The van der Waals surface area contributed by atoms with Crippen LogP contribution in [0.4, 0.5) is 0 Å². The summed E-state index contributed by atoms with van der Waals surface area (Å²) in [4.78, 5) is 16.7. The van der Waals surface area contributed by atoms with Gasteiger partial charge in [-0.3, -0.25) is 0 Å². The van der Waals surface area contributed by atoms with Crippen LogP contribution in [-0.2, 0) is 0 Å². The molecular formula is C15H21ClN2O. The number of nitrogens with one attached hydrogen (secondary N) is 2.